The van der Waals surface area contributed by atoms with Crippen LogP contribution in [0.2, 0.25) is 10.0 Å². The highest BCUT2D eigenvalue weighted by Gasteiger charge is 2.42. The lowest BCUT2D eigenvalue weighted by atomic mass is 9.69. The number of para-hydroxylation sites is 1. The number of carbonyl (C=O) groups is 1. The smallest absolute Gasteiger partial charge is 0.131 e. The lowest BCUT2D eigenvalue weighted by molar-refractivity contribution is -0.115. The van der Waals surface area contributed by atoms with Crippen molar-refractivity contribution in [2.75, 3.05) is 18.4 Å². The van der Waals surface area contributed by atoms with E-state index in [4.69, 9.17) is 28.6 Å². The van der Waals surface area contributed by atoms with Gasteiger partial charge in [0.25, 0.3) is 0 Å². The number of fused-ring (bicyclic) bond motifs is 1. The normalized spacial score (nSPS) is 21.6. The molecule has 0 bridgehead atoms. The minimum absolute atomic E-state index is 0.513. The first-order chi connectivity index (χ1) is 14.5. The van der Waals surface area contributed by atoms with Gasteiger partial charge < -0.3 is 15.5 Å². The molecule has 1 unspecified atom stereocenters. The molecule has 2 aromatic carbocycles. The highest BCUT2D eigenvalue weighted by molar-refractivity contribution is 7.97. The van der Waals surface area contributed by atoms with Crippen molar-refractivity contribution in [2.45, 2.75) is 17.7 Å². The molecule has 2 N–H and O–H groups in total. The van der Waals surface area contributed by atoms with Crippen LogP contribution in [0.4, 0.5) is 5.69 Å². The van der Waals surface area contributed by atoms with Crippen LogP contribution < -0.4 is 5.32 Å². The molecular formula is C23H21Cl2N3OS. The minimum Gasteiger partial charge on any atom is -0.355 e. The molecule has 0 radical (unpaired) electrons. The van der Waals surface area contributed by atoms with Crippen molar-refractivity contribution in [1.29, 1.82) is 5.41 Å². The molecule has 0 spiro atoms. The maximum Gasteiger partial charge on any atom is 0.131 e. The van der Waals surface area contributed by atoms with E-state index < -0.39 is 5.41 Å². The summed E-state index contributed by atoms with van der Waals surface area (Å²) in [5, 5.41) is 12.4. The summed E-state index contributed by atoms with van der Waals surface area (Å²) in [4.78, 5) is 13.3. The van der Waals surface area contributed by atoms with E-state index in [1.54, 1.807) is 18.0 Å². The zero-order valence-corrected chi connectivity index (χ0v) is 18.5. The monoisotopic (exact) mass is 457 g/mol. The van der Waals surface area contributed by atoms with Crippen LogP contribution in [0.15, 0.2) is 76.3 Å². The summed E-state index contributed by atoms with van der Waals surface area (Å²) in [6.07, 6.45) is 5.78. The van der Waals surface area contributed by atoms with Gasteiger partial charge in [-0.2, -0.15) is 0 Å². The van der Waals surface area contributed by atoms with Gasteiger partial charge in [0, 0.05) is 35.6 Å². The predicted molar refractivity (Wildman–Crippen MR) is 126 cm³/mol. The zero-order valence-electron chi connectivity index (χ0n) is 16.2. The number of allylic oxidation sites excluding steroid dienone is 2. The molecule has 4 rings (SSSR count). The first-order valence-corrected chi connectivity index (χ1v) is 11.2. The molecule has 1 atom stereocenters. The number of halogens is 2. The van der Waals surface area contributed by atoms with Crippen LogP contribution in [0.25, 0.3) is 0 Å². The van der Waals surface area contributed by atoms with E-state index in [2.05, 4.69) is 15.7 Å². The van der Waals surface area contributed by atoms with Gasteiger partial charge in [-0.25, -0.2) is 4.31 Å². The third kappa shape index (κ3) is 4.35. The van der Waals surface area contributed by atoms with Crippen molar-refractivity contribution in [3.05, 3.63) is 81.5 Å². The number of carbonyl (C=O) groups excluding carboxylic acids is 1. The largest absolute Gasteiger partial charge is 0.355 e. The maximum absolute atomic E-state index is 12.3. The molecular weight excluding hydrogens is 437 g/mol. The molecule has 0 amide bonds. The zero-order chi connectivity index (χ0) is 21.1. The van der Waals surface area contributed by atoms with E-state index in [0.29, 0.717) is 23.0 Å². The number of nitrogens with one attached hydrogen (secondary N) is 2. The molecule has 0 aromatic heterocycles. The standard InChI is InChI=1S/C23H21Cl2N3OS/c24-20-7-6-19(11-21(20)25)30-28-9-8-17-10-22(27-18-4-2-1-3-5-18)16(13-26)12-23(17,14-28)15-29/h1-7,10-11,13,15,26-27H,8-9,12,14H2. The summed E-state index contributed by atoms with van der Waals surface area (Å²) in [7, 11) is 0. The lowest BCUT2D eigenvalue weighted by Crippen LogP contribution is -2.44. The molecule has 2 aromatic rings. The Labute approximate surface area is 190 Å². The molecule has 4 nitrogen and oxygen atoms in total. The van der Waals surface area contributed by atoms with Gasteiger partial charge in [-0.3, -0.25) is 0 Å². The number of piperidine rings is 1. The molecule has 7 heteroatoms. The van der Waals surface area contributed by atoms with Crippen LogP contribution in [-0.4, -0.2) is 29.9 Å². The number of hydrogen-bond acceptors (Lipinski definition) is 5. The fraction of sp³-hybridized carbons (Fsp3) is 0.217. The molecule has 2 aliphatic rings. The predicted octanol–water partition coefficient (Wildman–Crippen LogP) is 6.24. The Kier molecular flexibility index (Phi) is 6.34. The quantitative estimate of drug-likeness (QED) is 0.306. The number of anilines is 1. The van der Waals surface area contributed by atoms with E-state index in [-0.39, 0.29) is 0 Å². The second-order valence-corrected chi connectivity index (χ2v) is 9.46. The Morgan fingerprint density at radius 2 is 1.93 bits per heavy atom. The summed E-state index contributed by atoms with van der Waals surface area (Å²) in [5.41, 5.74) is 3.20. The fourth-order valence-corrected chi connectivity index (χ4v) is 5.35. The Bertz CT molecular complexity index is 1040. The van der Waals surface area contributed by atoms with E-state index in [0.717, 1.165) is 46.7 Å². The Morgan fingerprint density at radius 1 is 1.13 bits per heavy atom. The molecule has 1 aliphatic carbocycles. The van der Waals surface area contributed by atoms with Crippen molar-refractivity contribution >= 4 is 53.3 Å². The highest BCUT2D eigenvalue weighted by Crippen LogP contribution is 2.45. The summed E-state index contributed by atoms with van der Waals surface area (Å²) < 4.78 is 2.20. The lowest BCUT2D eigenvalue weighted by Gasteiger charge is -2.43. The van der Waals surface area contributed by atoms with Crippen LogP contribution in [0, 0.1) is 10.8 Å². The number of rotatable bonds is 6. The van der Waals surface area contributed by atoms with Gasteiger partial charge in [-0.1, -0.05) is 47.0 Å². The van der Waals surface area contributed by atoms with Gasteiger partial charge in [-0.05, 0) is 66.8 Å². The number of hydrogen-bond donors (Lipinski definition) is 2. The van der Waals surface area contributed by atoms with Crippen molar-refractivity contribution in [3.8, 4) is 0 Å². The Balaban J connectivity index is 1.56. The Hall–Kier alpha value is -2.05. The third-order valence-corrected chi connectivity index (χ3v) is 7.25. The highest BCUT2D eigenvalue weighted by atomic mass is 35.5. The van der Waals surface area contributed by atoms with Crippen LogP contribution >= 0.6 is 35.1 Å². The molecule has 30 heavy (non-hydrogen) atoms. The fourth-order valence-electron chi connectivity index (χ4n) is 3.91. The maximum atomic E-state index is 12.3. The molecule has 1 fully saturated rings. The van der Waals surface area contributed by atoms with Crippen molar-refractivity contribution in [2.24, 2.45) is 5.41 Å². The minimum atomic E-state index is -0.615. The van der Waals surface area contributed by atoms with Gasteiger partial charge in [0.05, 0.1) is 15.5 Å². The van der Waals surface area contributed by atoms with Gasteiger partial charge in [-0.15, -0.1) is 0 Å². The summed E-state index contributed by atoms with van der Waals surface area (Å²) in [5.74, 6) is 0. The van der Waals surface area contributed by atoms with E-state index in [1.165, 1.54) is 6.21 Å². The van der Waals surface area contributed by atoms with Crippen LogP contribution in [0.3, 0.4) is 0 Å². The number of aldehydes is 1. The average Bonchev–Trinajstić information content (AvgIpc) is 2.76. The first-order valence-electron chi connectivity index (χ1n) is 9.64. The Morgan fingerprint density at radius 3 is 2.63 bits per heavy atom. The molecule has 1 heterocycles. The van der Waals surface area contributed by atoms with Crippen molar-refractivity contribution in [3.63, 3.8) is 0 Å². The van der Waals surface area contributed by atoms with Gasteiger partial charge in [0.1, 0.15) is 6.29 Å². The van der Waals surface area contributed by atoms with E-state index in [1.807, 2.05) is 42.5 Å². The molecule has 154 valence electrons. The third-order valence-electron chi connectivity index (χ3n) is 5.48. The van der Waals surface area contributed by atoms with E-state index >= 15 is 0 Å². The summed E-state index contributed by atoms with van der Waals surface area (Å²) in [6, 6.07) is 15.5. The topological polar surface area (TPSA) is 56.2 Å². The second-order valence-electron chi connectivity index (χ2n) is 7.48. The summed E-state index contributed by atoms with van der Waals surface area (Å²) >= 11 is 13.8. The van der Waals surface area contributed by atoms with Crippen molar-refractivity contribution in [1.82, 2.24) is 4.31 Å². The van der Waals surface area contributed by atoms with Gasteiger partial charge >= 0.3 is 0 Å². The number of nitrogens with zero attached hydrogens (tertiary/aromatic N) is 1. The van der Waals surface area contributed by atoms with Crippen LogP contribution in [-0.2, 0) is 4.79 Å². The summed E-state index contributed by atoms with van der Waals surface area (Å²) in [6.45, 7) is 1.41. The van der Waals surface area contributed by atoms with Crippen LogP contribution in [0.1, 0.15) is 12.8 Å². The van der Waals surface area contributed by atoms with Gasteiger partial charge in [0.2, 0.25) is 0 Å². The second kappa shape index (κ2) is 8.98. The first kappa shape index (κ1) is 21.2. The molecule has 0 saturated carbocycles. The molecule has 1 saturated heterocycles. The van der Waals surface area contributed by atoms with Crippen LogP contribution in [0.5, 0.6) is 0 Å². The van der Waals surface area contributed by atoms with Crippen molar-refractivity contribution < 1.29 is 4.79 Å². The molecule has 1 aliphatic heterocycles. The SMILES string of the molecule is N=CC1=C(Nc2ccccc2)C=C2CCN(Sc3ccc(Cl)c(Cl)c3)CC2(C=O)C1. The number of benzene rings is 2. The van der Waals surface area contributed by atoms with E-state index in [9.17, 15) is 4.79 Å². The average molecular weight is 458 g/mol. The van der Waals surface area contributed by atoms with Gasteiger partial charge in [0.15, 0.2) is 0 Å².